The van der Waals surface area contributed by atoms with E-state index in [0.717, 1.165) is 4.31 Å². The highest BCUT2D eigenvalue weighted by Gasteiger charge is 2.18. The zero-order chi connectivity index (χ0) is 12.3. The van der Waals surface area contributed by atoms with Gasteiger partial charge in [0.05, 0.1) is 27.8 Å². The Morgan fingerprint density at radius 3 is 2.50 bits per heavy atom. The summed E-state index contributed by atoms with van der Waals surface area (Å²) in [5.41, 5.74) is 0.317. The van der Waals surface area contributed by atoms with Crippen LogP contribution in [0.25, 0.3) is 0 Å². The van der Waals surface area contributed by atoms with Gasteiger partial charge in [-0.05, 0) is 18.2 Å². The molecule has 16 heavy (non-hydrogen) atoms. The van der Waals surface area contributed by atoms with Crippen molar-refractivity contribution >= 4 is 38.8 Å². The second kappa shape index (κ2) is 5.11. The van der Waals surface area contributed by atoms with Crippen LogP contribution in [0.5, 0.6) is 0 Å². The first-order valence-electron chi connectivity index (χ1n) is 4.33. The number of sulfonamides is 1. The molecule has 0 heterocycles. The highest BCUT2D eigenvalue weighted by atomic mass is 127. The van der Waals surface area contributed by atoms with Crippen LogP contribution in [0.15, 0.2) is 29.2 Å². The molecule has 0 radical (unpaired) electrons. The van der Waals surface area contributed by atoms with Gasteiger partial charge in [0, 0.05) is 19.7 Å². The highest BCUT2D eigenvalue weighted by molar-refractivity contribution is 14.1. The fourth-order valence-electron chi connectivity index (χ4n) is 1.06. The molecule has 0 spiro atoms. The van der Waals surface area contributed by atoms with Gasteiger partial charge in [-0.15, -0.1) is 0 Å². The Bertz CT molecular complexity index is 499. The minimum atomic E-state index is -3.49. The first-order valence-corrected chi connectivity index (χ1v) is 6.85. The third-order valence-electron chi connectivity index (χ3n) is 1.96. The maximum atomic E-state index is 11.8. The van der Waals surface area contributed by atoms with Crippen LogP contribution in [0.1, 0.15) is 10.4 Å². The van der Waals surface area contributed by atoms with Crippen molar-refractivity contribution in [3.63, 3.8) is 0 Å². The molecule has 1 aromatic rings. The third kappa shape index (κ3) is 2.71. The second-order valence-corrected chi connectivity index (χ2v) is 5.93. The van der Waals surface area contributed by atoms with E-state index in [4.69, 9.17) is 0 Å². The Labute approximate surface area is 108 Å². The Balaban J connectivity index is 3.24. The zero-order valence-corrected chi connectivity index (χ0v) is 11.7. The lowest BCUT2D eigenvalue weighted by molar-refractivity contribution is 0.0989. The third-order valence-corrected chi connectivity index (χ3v) is 4.26. The first kappa shape index (κ1) is 13.4. The van der Waals surface area contributed by atoms with Gasteiger partial charge < -0.3 is 0 Å². The van der Waals surface area contributed by atoms with E-state index in [2.05, 4.69) is 3.53 Å². The number of nitrogens with zero attached hydrogens (tertiary/aromatic N) is 1. The van der Waals surface area contributed by atoms with Gasteiger partial charge in [0.15, 0.2) is 0 Å². The summed E-state index contributed by atoms with van der Waals surface area (Å²) in [7, 11) is -0.601. The molecule has 0 saturated heterocycles. The monoisotopic (exact) mass is 354 g/mol. The lowest BCUT2D eigenvalue weighted by Crippen LogP contribution is -2.22. The van der Waals surface area contributed by atoms with Gasteiger partial charge in [0.25, 0.3) is 5.91 Å². The Morgan fingerprint density at radius 1 is 1.38 bits per heavy atom. The molecule has 1 N–H and O–H groups in total. The number of rotatable bonds is 3. The summed E-state index contributed by atoms with van der Waals surface area (Å²) in [5, 5.41) is 0. The number of hydrogen-bond acceptors (Lipinski definition) is 3. The van der Waals surface area contributed by atoms with Gasteiger partial charge in [-0.3, -0.25) is 8.32 Å². The van der Waals surface area contributed by atoms with Crippen molar-refractivity contribution in [1.29, 1.82) is 0 Å². The van der Waals surface area contributed by atoms with E-state index in [-0.39, 0.29) is 10.8 Å². The number of hydrogen-bond donors (Lipinski definition) is 1. The van der Waals surface area contributed by atoms with Gasteiger partial charge in [0.1, 0.15) is 0 Å². The molecule has 0 atom stereocenters. The van der Waals surface area contributed by atoms with Crippen LogP contribution in [0.3, 0.4) is 0 Å². The van der Waals surface area contributed by atoms with E-state index in [1.165, 1.54) is 32.3 Å². The summed E-state index contributed by atoms with van der Waals surface area (Å²) in [5.74, 6) is -0.323. The number of amides is 1. The average Bonchev–Trinajstić information content (AvgIpc) is 2.28. The van der Waals surface area contributed by atoms with Crippen LogP contribution in [-0.2, 0) is 10.0 Å². The van der Waals surface area contributed by atoms with E-state index in [0.29, 0.717) is 5.56 Å². The van der Waals surface area contributed by atoms with Crippen LogP contribution in [0.4, 0.5) is 0 Å². The maximum Gasteiger partial charge on any atom is 0.259 e. The quantitative estimate of drug-likeness (QED) is 0.651. The summed E-state index contributed by atoms with van der Waals surface area (Å²) in [6, 6.07) is 5.91. The molecule has 1 amide bonds. The predicted octanol–water partition coefficient (Wildman–Crippen LogP) is 1.02. The molecule has 0 bridgehead atoms. The van der Waals surface area contributed by atoms with Crippen LogP contribution >= 0.6 is 22.9 Å². The summed E-state index contributed by atoms with van der Waals surface area (Å²) < 4.78 is 27.1. The molecule has 0 aliphatic heterocycles. The van der Waals surface area contributed by atoms with Gasteiger partial charge >= 0.3 is 0 Å². The molecule has 0 aliphatic carbocycles. The van der Waals surface area contributed by atoms with Crippen molar-refractivity contribution in [3.05, 3.63) is 29.8 Å². The van der Waals surface area contributed by atoms with Gasteiger partial charge in [0.2, 0.25) is 10.0 Å². The average molecular weight is 354 g/mol. The van der Waals surface area contributed by atoms with Crippen LogP contribution in [-0.4, -0.2) is 32.7 Å². The fraction of sp³-hybridized carbons (Fsp3) is 0.222. The molecule has 0 fully saturated rings. The molecular formula is C9H11IN2O3S. The molecular weight excluding hydrogens is 343 g/mol. The molecule has 0 aliphatic rings. The minimum absolute atomic E-state index is 0.106. The SMILES string of the molecule is CN(C)S(=O)(=O)c1cccc(C(=O)NI)c1. The summed E-state index contributed by atoms with van der Waals surface area (Å²) in [6.07, 6.45) is 0. The summed E-state index contributed by atoms with van der Waals surface area (Å²) >= 11 is 1.70. The summed E-state index contributed by atoms with van der Waals surface area (Å²) in [6.45, 7) is 0. The van der Waals surface area contributed by atoms with Gasteiger partial charge in [-0.25, -0.2) is 12.7 Å². The standard InChI is InChI=1S/C9H11IN2O3S/c1-12(2)16(14,15)8-5-3-4-7(6-8)9(13)11-10/h3-6H,1-2H3,(H,11,13). The van der Waals surface area contributed by atoms with E-state index < -0.39 is 10.0 Å². The Hall–Kier alpha value is -0.670. The predicted molar refractivity (Wildman–Crippen MR) is 68.8 cm³/mol. The number of benzene rings is 1. The Morgan fingerprint density at radius 2 is 2.00 bits per heavy atom. The molecule has 0 unspecified atom stereocenters. The van der Waals surface area contributed by atoms with Crippen molar-refractivity contribution in [2.45, 2.75) is 4.90 Å². The lowest BCUT2D eigenvalue weighted by atomic mass is 10.2. The zero-order valence-electron chi connectivity index (χ0n) is 8.77. The highest BCUT2D eigenvalue weighted by Crippen LogP contribution is 2.14. The molecule has 0 saturated carbocycles. The number of halogens is 1. The molecule has 1 aromatic carbocycles. The van der Waals surface area contributed by atoms with Crippen LogP contribution < -0.4 is 3.53 Å². The van der Waals surface area contributed by atoms with Crippen molar-refractivity contribution in [3.8, 4) is 0 Å². The van der Waals surface area contributed by atoms with Gasteiger partial charge in [-0.1, -0.05) is 6.07 Å². The first-order chi connectivity index (χ1) is 7.39. The molecule has 0 aromatic heterocycles. The minimum Gasteiger partial charge on any atom is -0.295 e. The number of carbonyl (C=O) groups excluding carboxylic acids is 1. The van der Waals surface area contributed by atoms with Crippen molar-refractivity contribution in [2.75, 3.05) is 14.1 Å². The van der Waals surface area contributed by atoms with E-state index >= 15 is 0 Å². The summed E-state index contributed by atoms with van der Waals surface area (Å²) in [4.78, 5) is 11.4. The lowest BCUT2D eigenvalue weighted by Gasteiger charge is -2.11. The largest absolute Gasteiger partial charge is 0.295 e. The normalized spacial score (nSPS) is 11.5. The molecule has 5 nitrogen and oxygen atoms in total. The molecule has 88 valence electrons. The second-order valence-electron chi connectivity index (χ2n) is 3.24. The topological polar surface area (TPSA) is 66.5 Å². The Kier molecular flexibility index (Phi) is 4.28. The number of nitrogens with one attached hydrogen (secondary N) is 1. The van der Waals surface area contributed by atoms with E-state index in [9.17, 15) is 13.2 Å². The van der Waals surface area contributed by atoms with Crippen LogP contribution in [0.2, 0.25) is 0 Å². The smallest absolute Gasteiger partial charge is 0.259 e. The molecule has 7 heteroatoms. The van der Waals surface area contributed by atoms with E-state index in [1.54, 1.807) is 28.9 Å². The van der Waals surface area contributed by atoms with Crippen molar-refractivity contribution in [1.82, 2.24) is 7.84 Å². The van der Waals surface area contributed by atoms with E-state index in [1.807, 2.05) is 0 Å². The van der Waals surface area contributed by atoms with Crippen molar-refractivity contribution < 1.29 is 13.2 Å². The van der Waals surface area contributed by atoms with Crippen LogP contribution in [0, 0.1) is 0 Å². The van der Waals surface area contributed by atoms with Gasteiger partial charge in [-0.2, -0.15) is 0 Å². The molecule has 1 rings (SSSR count). The van der Waals surface area contributed by atoms with Crippen molar-refractivity contribution in [2.24, 2.45) is 0 Å². The fourth-order valence-corrected chi connectivity index (χ4v) is 2.32. The number of carbonyl (C=O) groups is 1. The maximum absolute atomic E-state index is 11.8.